The summed E-state index contributed by atoms with van der Waals surface area (Å²) in [7, 11) is 1.88. The van der Waals surface area contributed by atoms with Crippen LogP contribution in [0.3, 0.4) is 0 Å². The largest absolute Gasteiger partial charge is 0.342 e. The van der Waals surface area contributed by atoms with Crippen molar-refractivity contribution in [1.29, 1.82) is 0 Å². The highest BCUT2D eigenvalue weighted by atomic mass is 17.1. The molecule has 0 aromatic carbocycles. The van der Waals surface area contributed by atoms with Crippen LogP contribution in [-0.2, 0) is 4.89 Å². The number of nitrogens with zero attached hydrogens (tertiary/aromatic N) is 1. The van der Waals surface area contributed by atoms with Gasteiger partial charge in [-0.15, -0.1) is 0 Å². The van der Waals surface area contributed by atoms with E-state index in [0.29, 0.717) is 0 Å². The lowest BCUT2D eigenvalue weighted by Crippen LogP contribution is -2.33. The van der Waals surface area contributed by atoms with Crippen molar-refractivity contribution in [2.75, 3.05) is 13.7 Å². The van der Waals surface area contributed by atoms with Crippen molar-refractivity contribution in [2.24, 2.45) is 0 Å². The van der Waals surface area contributed by atoms with Gasteiger partial charge < -0.3 is 10.2 Å². The molecule has 1 rings (SSSR count). The van der Waals surface area contributed by atoms with E-state index in [1.807, 2.05) is 18.9 Å². The lowest BCUT2D eigenvalue weighted by molar-refractivity contribution is -0.234. The zero-order chi connectivity index (χ0) is 10.0. The minimum absolute atomic E-state index is 0.134. The second-order valence-corrected chi connectivity index (χ2v) is 2.95. The third-order valence-corrected chi connectivity index (χ3v) is 2.21. The van der Waals surface area contributed by atoms with Crippen molar-refractivity contribution >= 4 is 0 Å². The lowest BCUT2D eigenvalue weighted by Gasteiger charge is -2.32. The van der Waals surface area contributed by atoms with Gasteiger partial charge >= 0.3 is 0 Å². The molecule has 2 N–H and O–H groups in total. The van der Waals surface area contributed by atoms with Gasteiger partial charge in [-0.1, -0.05) is 13.2 Å². The zero-order valence-electron chi connectivity index (χ0n) is 7.92. The number of rotatable bonds is 2. The summed E-state index contributed by atoms with van der Waals surface area (Å²) in [6.07, 6.45) is 0. The topological polar surface area (TPSA) is 44.7 Å². The SMILES string of the molecule is C=C1NC(=C)N(C)C(C)=C1COO. The summed E-state index contributed by atoms with van der Waals surface area (Å²) in [4.78, 5) is 5.97. The molecule has 1 aliphatic heterocycles. The minimum Gasteiger partial charge on any atom is -0.342 e. The van der Waals surface area contributed by atoms with Crippen LogP contribution in [0.4, 0.5) is 0 Å². The molecule has 4 heteroatoms. The summed E-state index contributed by atoms with van der Waals surface area (Å²) in [5.74, 6) is 0.768. The lowest BCUT2D eigenvalue weighted by atomic mass is 10.1. The van der Waals surface area contributed by atoms with Crippen molar-refractivity contribution in [1.82, 2.24) is 10.2 Å². The molecule has 1 aliphatic rings. The van der Waals surface area contributed by atoms with Gasteiger partial charge in [0.2, 0.25) is 0 Å². The maximum atomic E-state index is 8.36. The van der Waals surface area contributed by atoms with Crippen LogP contribution in [-0.4, -0.2) is 23.8 Å². The molecule has 13 heavy (non-hydrogen) atoms. The van der Waals surface area contributed by atoms with E-state index in [2.05, 4.69) is 23.4 Å². The molecule has 0 bridgehead atoms. The van der Waals surface area contributed by atoms with Crippen molar-refractivity contribution in [3.63, 3.8) is 0 Å². The van der Waals surface area contributed by atoms with Crippen LogP contribution < -0.4 is 5.32 Å². The average Bonchev–Trinajstić information content (AvgIpc) is 2.09. The molecule has 0 aromatic rings. The molecule has 72 valence electrons. The Morgan fingerprint density at radius 1 is 1.54 bits per heavy atom. The van der Waals surface area contributed by atoms with Gasteiger partial charge in [-0.05, 0) is 6.92 Å². The Balaban J connectivity index is 2.99. The molecule has 0 saturated carbocycles. The van der Waals surface area contributed by atoms with Crippen molar-refractivity contribution in [2.45, 2.75) is 6.92 Å². The quantitative estimate of drug-likeness (QED) is 0.498. The highest BCUT2D eigenvalue weighted by molar-refractivity contribution is 5.38. The van der Waals surface area contributed by atoms with Gasteiger partial charge in [-0.2, -0.15) is 0 Å². The third kappa shape index (κ3) is 1.74. The molecule has 1 heterocycles. The second kappa shape index (κ2) is 3.64. The van der Waals surface area contributed by atoms with Gasteiger partial charge in [-0.25, -0.2) is 4.89 Å². The summed E-state index contributed by atoms with van der Waals surface area (Å²) >= 11 is 0. The predicted octanol–water partition coefficient (Wildman–Crippen LogP) is 1.27. The first-order chi connectivity index (χ1) is 6.07. The molecule has 0 spiro atoms. The highest BCUT2D eigenvalue weighted by Gasteiger charge is 2.18. The fourth-order valence-electron chi connectivity index (χ4n) is 1.21. The van der Waals surface area contributed by atoms with Gasteiger partial charge in [0.15, 0.2) is 0 Å². The van der Waals surface area contributed by atoms with Crippen LogP contribution in [0, 0.1) is 0 Å². The Hall–Kier alpha value is -1.26. The summed E-state index contributed by atoms with van der Waals surface area (Å²) in [6.45, 7) is 9.67. The maximum Gasteiger partial charge on any atom is 0.111 e. The summed E-state index contributed by atoms with van der Waals surface area (Å²) in [5, 5.41) is 11.3. The van der Waals surface area contributed by atoms with Crippen LogP contribution in [0.5, 0.6) is 0 Å². The predicted molar refractivity (Wildman–Crippen MR) is 50.5 cm³/mol. The van der Waals surface area contributed by atoms with Gasteiger partial charge in [0.25, 0.3) is 0 Å². The minimum atomic E-state index is 0.134. The Morgan fingerprint density at radius 2 is 2.15 bits per heavy atom. The molecule has 0 saturated heterocycles. The number of hydrogen-bond donors (Lipinski definition) is 2. The number of hydrogen-bond acceptors (Lipinski definition) is 4. The van der Waals surface area contributed by atoms with E-state index >= 15 is 0 Å². The molecule has 0 fully saturated rings. The van der Waals surface area contributed by atoms with Crippen LogP contribution in [0.15, 0.2) is 35.9 Å². The molecule has 0 unspecified atom stereocenters. The van der Waals surface area contributed by atoms with E-state index < -0.39 is 0 Å². The smallest absolute Gasteiger partial charge is 0.111 e. The fraction of sp³-hybridized carbons (Fsp3) is 0.333. The van der Waals surface area contributed by atoms with Crippen LogP contribution in [0.25, 0.3) is 0 Å². The standard InChI is InChI=1S/C9H14N2O2/c1-6-9(5-13-12)7(2)11(4)8(3)10-6/h10,12H,1,3,5H2,2,4H3. The van der Waals surface area contributed by atoms with Crippen molar-refractivity contribution in [3.8, 4) is 0 Å². The Bertz CT molecular complexity index is 281. The average molecular weight is 182 g/mol. The molecular weight excluding hydrogens is 168 g/mol. The van der Waals surface area contributed by atoms with E-state index in [-0.39, 0.29) is 6.61 Å². The maximum absolute atomic E-state index is 8.36. The molecule has 4 nitrogen and oxygen atoms in total. The van der Waals surface area contributed by atoms with Crippen LogP contribution >= 0.6 is 0 Å². The van der Waals surface area contributed by atoms with Gasteiger partial charge in [0.1, 0.15) is 12.4 Å². The van der Waals surface area contributed by atoms with Crippen LogP contribution in [0.2, 0.25) is 0 Å². The third-order valence-electron chi connectivity index (χ3n) is 2.21. The van der Waals surface area contributed by atoms with E-state index in [1.54, 1.807) is 0 Å². The van der Waals surface area contributed by atoms with E-state index in [1.165, 1.54) is 0 Å². The normalized spacial score (nSPS) is 17.9. The summed E-state index contributed by atoms with van der Waals surface area (Å²) < 4.78 is 0. The molecule has 0 amide bonds. The molecule has 0 aromatic heterocycles. The van der Waals surface area contributed by atoms with Crippen molar-refractivity contribution < 1.29 is 10.1 Å². The van der Waals surface area contributed by atoms with Gasteiger partial charge in [0, 0.05) is 24.0 Å². The summed E-state index contributed by atoms with van der Waals surface area (Å²) in [5.41, 5.74) is 2.54. The Labute approximate surface area is 77.7 Å². The second-order valence-electron chi connectivity index (χ2n) is 2.95. The van der Waals surface area contributed by atoms with E-state index in [4.69, 9.17) is 5.26 Å². The Kier molecular flexibility index (Phi) is 2.75. The molecule has 0 radical (unpaired) electrons. The summed E-state index contributed by atoms with van der Waals surface area (Å²) in [6, 6.07) is 0. The first-order valence-corrected chi connectivity index (χ1v) is 3.93. The monoisotopic (exact) mass is 182 g/mol. The van der Waals surface area contributed by atoms with Gasteiger partial charge in [0.05, 0.1) is 0 Å². The van der Waals surface area contributed by atoms with E-state index in [9.17, 15) is 0 Å². The molecular formula is C9H14N2O2. The number of allylic oxidation sites excluding steroid dienone is 1. The van der Waals surface area contributed by atoms with Crippen LogP contribution in [0.1, 0.15) is 6.92 Å². The van der Waals surface area contributed by atoms with Crippen molar-refractivity contribution in [3.05, 3.63) is 35.9 Å². The first kappa shape index (κ1) is 9.83. The molecule has 0 atom stereocenters. The van der Waals surface area contributed by atoms with Gasteiger partial charge in [-0.3, -0.25) is 5.26 Å². The Morgan fingerprint density at radius 3 is 2.69 bits per heavy atom. The zero-order valence-corrected chi connectivity index (χ0v) is 7.92. The highest BCUT2D eigenvalue weighted by Crippen LogP contribution is 2.22. The molecule has 0 aliphatic carbocycles. The number of nitrogens with one attached hydrogen (secondary N) is 1. The fourth-order valence-corrected chi connectivity index (χ4v) is 1.21. The first-order valence-electron chi connectivity index (χ1n) is 3.93. The van der Waals surface area contributed by atoms with E-state index in [0.717, 1.165) is 22.8 Å².